The molecule has 0 spiro atoms. The summed E-state index contributed by atoms with van der Waals surface area (Å²) in [5.41, 5.74) is 6.52. The molecule has 2 amide bonds. The molecule has 324 valence electrons. The molecule has 0 aromatic carbocycles. The zero-order valence-electron chi connectivity index (χ0n) is 37.2. The summed E-state index contributed by atoms with van der Waals surface area (Å²) in [7, 11) is 0. The molecule has 4 aliphatic carbocycles. The van der Waals surface area contributed by atoms with Gasteiger partial charge in [-0.15, -0.1) is 0 Å². The Bertz CT molecular complexity index is 1490. The maximum Gasteiger partial charge on any atom is 0.222 e. The predicted octanol–water partition coefficient (Wildman–Crippen LogP) is 11.1. The van der Waals surface area contributed by atoms with E-state index in [4.69, 9.17) is 5.73 Å². The van der Waals surface area contributed by atoms with Crippen molar-refractivity contribution < 1.29 is 19.8 Å². The number of hydrogen-bond donors (Lipinski definition) is 3. The van der Waals surface area contributed by atoms with Crippen molar-refractivity contribution in [2.45, 2.75) is 162 Å². The van der Waals surface area contributed by atoms with Gasteiger partial charge in [-0.2, -0.15) is 0 Å². The van der Waals surface area contributed by atoms with Crippen LogP contribution in [0.4, 0.5) is 0 Å². The molecule has 3 unspecified atom stereocenters. The van der Waals surface area contributed by atoms with E-state index in [0.29, 0.717) is 55.0 Å². The summed E-state index contributed by atoms with van der Waals surface area (Å²) in [6.07, 6.45) is 43.0. The number of hydrogen-bond acceptors (Lipinski definition) is 4. The van der Waals surface area contributed by atoms with Crippen molar-refractivity contribution in [1.29, 1.82) is 0 Å². The normalized spacial score (nSPS) is 36.5. The fourth-order valence-electron chi connectivity index (χ4n) is 13.4. The Morgan fingerprint density at radius 3 is 1.90 bits per heavy atom. The van der Waals surface area contributed by atoms with Gasteiger partial charge in [0, 0.05) is 25.4 Å². The number of allylic oxidation sites excluding steroid dienone is 12. The van der Waals surface area contributed by atoms with Gasteiger partial charge in [-0.05, 0) is 161 Å². The summed E-state index contributed by atoms with van der Waals surface area (Å²) in [5, 5.41) is 22.8. The highest BCUT2D eigenvalue weighted by molar-refractivity contribution is 5.78. The van der Waals surface area contributed by atoms with Crippen LogP contribution in [0.15, 0.2) is 72.9 Å². The zero-order chi connectivity index (χ0) is 41.7. The summed E-state index contributed by atoms with van der Waals surface area (Å²) in [6.45, 7) is 13.1. The second-order valence-corrected chi connectivity index (χ2v) is 19.7. The van der Waals surface area contributed by atoms with Crippen LogP contribution in [-0.2, 0) is 9.59 Å². The van der Waals surface area contributed by atoms with E-state index < -0.39 is 0 Å². The molecular weight excluding hydrogens is 717 g/mol. The number of aliphatic hydroxyl groups is 2. The molecule has 13 atom stereocenters. The van der Waals surface area contributed by atoms with E-state index in [1.165, 1.54) is 6.42 Å². The van der Waals surface area contributed by atoms with E-state index in [1.807, 2.05) is 4.90 Å². The van der Waals surface area contributed by atoms with Crippen LogP contribution in [0.2, 0.25) is 0 Å². The monoisotopic (exact) mass is 799 g/mol. The molecule has 5 rings (SSSR count). The molecule has 0 aromatic heterocycles. The molecule has 5 aliphatic rings. The van der Waals surface area contributed by atoms with Crippen molar-refractivity contribution in [3.8, 4) is 0 Å². The van der Waals surface area contributed by atoms with Gasteiger partial charge < -0.3 is 20.8 Å². The maximum absolute atomic E-state index is 13.2. The molecule has 0 radical (unpaired) electrons. The van der Waals surface area contributed by atoms with E-state index in [9.17, 15) is 19.8 Å². The Labute approximate surface area is 353 Å². The van der Waals surface area contributed by atoms with Gasteiger partial charge in [0.15, 0.2) is 0 Å². The largest absolute Gasteiger partial charge is 0.393 e. The van der Waals surface area contributed by atoms with Gasteiger partial charge in [-0.25, -0.2) is 0 Å². The van der Waals surface area contributed by atoms with Crippen molar-refractivity contribution in [1.82, 2.24) is 4.90 Å². The Balaban J connectivity index is 1.03. The standard InChI is InChI=1S/C52H82N2O4/c1-6-8-9-10-11-12-13-14-15-16-17-18-19-20-21-22-23-24-25-26-47(56)54-34-31-39(37-54)42(50(53)58)35-38(3)43-27-28-44-48-45(30-33-51(43,44)4)52(5)32-29-40(55)36-46(52)41(7-2)49(48)57/h8-9,11-12,14-15,17-18,20-21,23-24,38-46,48-49,55,57H,6-7,10,13,16,19,22,25-37H2,1-5H3,(H2,53,58)/b9-8-,12-11-,15-14-,18-17-,21-20-,24-23-/t38?,39-,40+,41+,42?,43?,44-,45-,46-,48-,49+,51+,52+/m0/s1. The topological polar surface area (TPSA) is 104 Å². The van der Waals surface area contributed by atoms with Crippen LogP contribution in [0.1, 0.15) is 150 Å². The lowest BCUT2D eigenvalue weighted by Gasteiger charge is -2.64. The lowest BCUT2D eigenvalue weighted by molar-refractivity contribution is -0.203. The Kier molecular flexibility index (Phi) is 17.8. The molecule has 6 nitrogen and oxygen atoms in total. The number of aliphatic hydroxyl groups excluding tert-OH is 2. The third kappa shape index (κ3) is 11.2. The molecule has 58 heavy (non-hydrogen) atoms. The summed E-state index contributed by atoms with van der Waals surface area (Å²) in [5.74, 6) is 2.76. The van der Waals surface area contributed by atoms with Crippen LogP contribution in [-0.4, -0.2) is 52.2 Å². The van der Waals surface area contributed by atoms with Crippen molar-refractivity contribution in [2.24, 2.45) is 69.8 Å². The average molecular weight is 799 g/mol. The first-order valence-corrected chi connectivity index (χ1v) is 23.8. The van der Waals surface area contributed by atoms with Crippen molar-refractivity contribution in [3.63, 3.8) is 0 Å². The minimum atomic E-state index is -0.295. The number of amides is 2. The summed E-state index contributed by atoms with van der Waals surface area (Å²) in [6, 6.07) is 0. The Morgan fingerprint density at radius 1 is 0.741 bits per heavy atom. The van der Waals surface area contributed by atoms with Crippen molar-refractivity contribution in [2.75, 3.05) is 13.1 Å². The highest BCUT2D eigenvalue weighted by Gasteiger charge is 2.65. The molecule has 4 N–H and O–H groups in total. The summed E-state index contributed by atoms with van der Waals surface area (Å²) in [4.78, 5) is 28.3. The minimum Gasteiger partial charge on any atom is -0.393 e. The Hall–Kier alpha value is -2.70. The quantitative estimate of drug-likeness (QED) is 0.107. The first-order valence-electron chi connectivity index (χ1n) is 23.8. The van der Waals surface area contributed by atoms with E-state index in [0.717, 1.165) is 103 Å². The van der Waals surface area contributed by atoms with Gasteiger partial charge in [0.05, 0.1) is 12.2 Å². The number of nitrogens with zero attached hydrogens (tertiary/aromatic N) is 1. The predicted molar refractivity (Wildman–Crippen MR) is 240 cm³/mol. The van der Waals surface area contributed by atoms with Crippen LogP contribution < -0.4 is 5.73 Å². The minimum absolute atomic E-state index is 0.125. The molecule has 0 aromatic rings. The number of rotatable bonds is 20. The van der Waals surface area contributed by atoms with E-state index in [1.54, 1.807) is 0 Å². The molecule has 1 aliphatic heterocycles. The van der Waals surface area contributed by atoms with E-state index >= 15 is 0 Å². The number of likely N-dealkylation sites (tertiary alicyclic amines) is 1. The third-order valence-corrected chi connectivity index (χ3v) is 16.4. The van der Waals surface area contributed by atoms with Gasteiger partial charge >= 0.3 is 0 Å². The third-order valence-electron chi connectivity index (χ3n) is 16.4. The van der Waals surface area contributed by atoms with Crippen molar-refractivity contribution >= 4 is 11.8 Å². The van der Waals surface area contributed by atoms with Crippen LogP contribution in [0.5, 0.6) is 0 Å². The highest BCUT2D eigenvalue weighted by atomic mass is 16.3. The molecular formula is C52H82N2O4. The fourth-order valence-corrected chi connectivity index (χ4v) is 13.4. The molecule has 4 saturated carbocycles. The van der Waals surface area contributed by atoms with Crippen molar-refractivity contribution in [3.05, 3.63) is 72.9 Å². The average Bonchev–Trinajstić information content (AvgIpc) is 3.83. The number of nitrogens with two attached hydrogens (primary N) is 1. The zero-order valence-corrected chi connectivity index (χ0v) is 37.2. The van der Waals surface area contributed by atoms with Gasteiger partial charge in [0.1, 0.15) is 0 Å². The van der Waals surface area contributed by atoms with Crippen LogP contribution in [0.3, 0.4) is 0 Å². The van der Waals surface area contributed by atoms with E-state index in [-0.39, 0.29) is 52.6 Å². The first-order chi connectivity index (χ1) is 28.0. The summed E-state index contributed by atoms with van der Waals surface area (Å²) < 4.78 is 0. The lowest BCUT2D eigenvalue weighted by Crippen LogP contribution is -2.62. The summed E-state index contributed by atoms with van der Waals surface area (Å²) >= 11 is 0. The highest BCUT2D eigenvalue weighted by Crippen LogP contribution is 2.69. The van der Waals surface area contributed by atoms with Crippen LogP contribution in [0.25, 0.3) is 0 Å². The molecule has 1 heterocycles. The van der Waals surface area contributed by atoms with Crippen LogP contribution in [0, 0.1) is 64.1 Å². The first kappa shape index (κ1) is 46.4. The van der Waals surface area contributed by atoms with Gasteiger partial charge in [0.25, 0.3) is 0 Å². The smallest absolute Gasteiger partial charge is 0.222 e. The van der Waals surface area contributed by atoms with Gasteiger partial charge in [-0.3, -0.25) is 9.59 Å². The number of fused-ring (bicyclic) bond motifs is 5. The molecule has 1 saturated heterocycles. The number of carbonyl (C=O) groups excluding carboxylic acids is 2. The second kappa shape index (κ2) is 22.2. The van der Waals surface area contributed by atoms with Gasteiger partial charge in [0.2, 0.25) is 11.8 Å². The number of carbonyl (C=O) groups is 2. The fraction of sp³-hybridized carbons (Fsp3) is 0.731. The maximum atomic E-state index is 13.2. The van der Waals surface area contributed by atoms with E-state index in [2.05, 4.69) is 108 Å². The SMILES string of the molecule is CC/C=C\C/C=C\C/C=C\C/C=C\C/C=C\C/C=C\CCC(=O)N1CC[C@H](C(CC(C)C2CC[C@H]3[C@@H]4[C@H](O)[C@H](CC)[C@@H]5C[C@H](O)CC[C@]5(C)[C@H]4CC[C@]23C)C(N)=O)C1. The molecule has 5 fully saturated rings. The lowest BCUT2D eigenvalue weighted by atomic mass is 9.41. The van der Waals surface area contributed by atoms with Gasteiger partial charge in [-0.1, -0.05) is 114 Å². The number of primary amides is 1. The van der Waals surface area contributed by atoms with Crippen LogP contribution >= 0.6 is 0 Å². The molecule has 6 heteroatoms. The Morgan fingerprint density at radius 2 is 1.31 bits per heavy atom. The second-order valence-electron chi connectivity index (χ2n) is 19.7. The molecule has 0 bridgehead atoms.